The van der Waals surface area contributed by atoms with Crippen molar-refractivity contribution in [2.24, 2.45) is 13.0 Å². The fraction of sp³-hybridized carbons (Fsp3) is 0.273. The minimum atomic E-state index is -0.804. The number of nitrogens with zero attached hydrogens (tertiary/aromatic N) is 6. The van der Waals surface area contributed by atoms with Crippen LogP contribution < -0.4 is 10.1 Å². The molecule has 11 nitrogen and oxygen atoms in total. The maximum Gasteiger partial charge on any atom is 0.413 e. The van der Waals surface area contributed by atoms with Gasteiger partial charge in [0.05, 0.1) is 23.7 Å². The molecule has 4 aromatic rings. The summed E-state index contributed by atoms with van der Waals surface area (Å²) in [5.41, 5.74) is 2.73. The molecule has 0 spiro atoms. The topological polar surface area (TPSA) is 142 Å². The number of carbonyl (C=O) groups is 2. The number of nitrogens with one attached hydrogen (secondary N) is 2. The molecule has 1 atom stereocenters. The number of aromatic amines is 1. The molecular weight excluding hydrogens is 460 g/mol. The van der Waals surface area contributed by atoms with Crippen molar-refractivity contribution < 1.29 is 14.3 Å². The number of halogens is 1. The molecule has 1 saturated heterocycles. The first-order valence-electron chi connectivity index (χ1n) is 10.5. The minimum absolute atomic E-state index is 0.158. The zero-order valence-corrected chi connectivity index (χ0v) is 19.0. The highest BCUT2D eigenvalue weighted by Gasteiger charge is 2.33. The first kappa shape index (κ1) is 21.7. The smallest absolute Gasteiger partial charge is 0.406 e. The molecule has 172 valence electrons. The summed E-state index contributed by atoms with van der Waals surface area (Å²) >= 11 is 6.17. The third-order valence-corrected chi connectivity index (χ3v) is 5.92. The Hall–Kier alpha value is -4.17. The number of hydrogen-bond donors (Lipinski definition) is 2. The highest BCUT2D eigenvalue weighted by atomic mass is 35.5. The molecule has 1 aliphatic heterocycles. The van der Waals surface area contributed by atoms with E-state index in [1.807, 2.05) is 19.2 Å². The van der Waals surface area contributed by atoms with Gasteiger partial charge in [-0.25, -0.2) is 14.8 Å². The Bertz CT molecular complexity index is 1480. The Morgan fingerprint density at radius 1 is 1.38 bits per heavy atom. The molecule has 0 radical (unpaired) electrons. The van der Waals surface area contributed by atoms with E-state index >= 15 is 0 Å². The molecular formula is C22H19ClN8O3. The van der Waals surface area contributed by atoms with Crippen LogP contribution in [0.3, 0.4) is 0 Å². The number of benzene rings is 1. The van der Waals surface area contributed by atoms with Crippen LogP contribution in [0.2, 0.25) is 5.02 Å². The van der Waals surface area contributed by atoms with E-state index < -0.39 is 12.1 Å². The Balaban J connectivity index is 1.36. The van der Waals surface area contributed by atoms with Gasteiger partial charge in [0.15, 0.2) is 16.9 Å². The standard InChI is InChI=1S/C22H19ClN8O3/c1-11(21(32)31-9-12(6-24)10-31)27-22(33)34-17-8-26-20-19(17)28-15(7-25-20)18-14-5-13(23)3-4-16(14)30(2)29-18/h3-5,7-8,11-12H,9-10H2,1-2H3,(H,25,26)(H,27,33)/t11-/m1/s1. The summed E-state index contributed by atoms with van der Waals surface area (Å²) in [6.45, 7) is 2.29. The van der Waals surface area contributed by atoms with Crippen LogP contribution in [-0.2, 0) is 11.8 Å². The molecule has 0 bridgehead atoms. The molecule has 0 unspecified atom stereocenters. The van der Waals surface area contributed by atoms with Crippen LogP contribution in [0.25, 0.3) is 33.5 Å². The highest BCUT2D eigenvalue weighted by molar-refractivity contribution is 6.31. The lowest BCUT2D eigenvalue weighted by molar-refractivity contribution is -0.137. The first-order chi connectivity index (χ1) is 16.3. The largest absolute Gasteiger partial charge is 0.413 e. The van der Waals surface area contributed by atoms with Crippen LogP contribution in [0, 0.1) is 17.2 Å². The Morgan fingerprint density at radius 2 is 2.18 bits per heavy atom. The molecule has 34 heavy (non-hydrogen) atoms. The Morgan fingerprint density at radius 3 is 2.94 bits per heavy atom. The molecule has 1 aromatic carbocycles. The number of nitriles is 1. The summed E-state index contributed by atoms with van der Waals surface area (Å²) in [5.74, 6) is -0.271. The number of carbonyl (C=O) groups excluding carboxylic acids is 2. The van der Waals surface area contributed by atoms with Crippen molar-refractivity contribution in [3.8, 4) is 23.2 Å². The van der Waals surface area contributed by atoms with Gasteiger partial charge < -0.3 is 19.9 Å². The van der Waals surface area contributed by atoms with Crippen molar-refractivity contribution in [1.82, 2.24) is 34.9 Å². The maximum absolute atomic E-state index is 12.4. The molecule has 0 saturated carbocycles. The Kier molecular flexibility index (Phi) is 5.30. The number of aryl methyl sites for hydroxylation is 1. The lowest BCUT2D eigenvalue weighted by Crippen LogP contribution is -2.56. The quantitative estimate of drug-likeness (QED) is 0.459. The van der Waals surface area contributed by atoms with E-state index in [0.29, 0.717) is 40.7 Å². The second-order valence-corrected chi connectivity index (χ2v) is 8.50. The number of rotatable bonds is 4. The van der Waals surface area contributed by atoms with Gasteiger partial charge in [0, 0.05) is 36.7 Å². The summed E-state index contributed by atoms with van der Waals surface area (Å²) in [7, 11) is 1.82. The van der Waals surface area contributed by atoms with Gasteiger partial charge in [-0.2, -0.15) is 10.4 Å². The summed E-state index contributed by atoms with van der Waals surface area (Å²) in [4.78, 5) is 38.2. The predicted octanol–water partition coefficient (Wildman–Crippen LogP) is 2.62. The molecule has 4 heterocycles. The number of hydrogen-bond acceptors (Lipinski definition) is 7. The van der Waals surface area contributed by atoms with Gasteiger partial charge in [0.2, 0.25) is 5.91 Å². The monoisotopic (exact) mass is 478 g/mol. The van der Waals surface area contributed by atoms with Crippen LogP contribution >= 0.6 is 11.6 Å². The summed E-state index contributed by atoms with van der Waals surface area (Å²) in [6.07, 6.45) is 2.25. The van der Waals surface area contributed by atoms with Crippen molar-refractivity contribution in [2.75, 3.05) is 13.1 Å². The lowest BCUT2D eigenvalue weighted by Gasteiger charge is -2.36. The third kappa shape index (κ3) is 3.78. The van der Waals surface area contributed by atoms with Gasteiger partial charge in [-0.1, -0.05) is 11.6 Å². The van der Waals surface area contributed by atoms with Gasteiger partial charge in [-0.3, -0.25) is 9.48 Å². The van der Waals surface area contributed by atoms with Crippen molar-refractivity contribution in [1.29, 1.82) is 5.26 Å². The number of ether oxygens (including phenoxy) is 1. The molecule has 1 fully saturated rings. The van der Waals surface area contributed by atoms with Gasteiger partial charge in [-0.15, -0.1) is 0 Å². The van der Waals surface area contributed by atoms with E-state index in [1.165, 1.54) is 11.1 Å². The number of aromatic nitrogens is 5. The SMILES string of the molecule is C[C@@H](NC(=O)Oc1c[nH]c2ncc(-c3nn(C)c4ccc(Cl)cc34)nc12)C(=O)N1CC(C#N)C1. The van der Waals surface area contributed by atoms with Crippen LogP contribution in [0.1, 0.15) is 6.92 Å². The molecule has 12 heteroatoms. The van der Waals surface area contributed by atoms with E-state index in [0.717, 1.165) is 10.9 Å². The fourth-order valence-corrected chi connectivity index (χ4v) is 4.04. The van der Waals surface area contributed by atoms with E-state index in [9.17, 15) is 9.59 Å². The highest BCUT2D eigenvalue weighted by Crippen LogP contribution is 2.31. The minimum Gasteiger partial charge on any atom is -0.406 e. The van der Waals surface area contributed by atoms with Crippen molar-refractivity contribution in [2.45, 2.75) is 13.0 Å². The van der Waals surface area contributed by atoms with Gasteiger partial charge in [-0.05, 0) is 25.1 Å². The average Bonchev–Trinajstić information content (AvgIpc) is 3.32. The maximum atomic E-state index is 12.4. The molecule has 2 N–H and O–H groups in total. The second-order valence-electron chi connectivity index (χ2n) is 8.06. The van der Waals surface area contributed by atoms with Crippen molar-refractivity contribution >= 4 is 45.7 Å². The van der Waals surface area contributed by atoms with E-state index in [2.05, 4.69) is 31.4 Å². The van der Waals surface area contributed by atoms with E-state index in [4.69, 9.17) is 21.6 Å². The normalized spacial score (nSPS) is 14.6. The van der Waals surface area contributed by atoms with Crippen LogP contribution in [0.5, 0.6) is 5.75 Å². The van der Waals surface area contributed by atoms with Gasteiger partial charge in [0.25, 0.3) is 0 Å². The molecule has 1 aliphatic rings. The zero-order chi connectivity index (χ0) is 24.0. The second kappa shape index (κ2) is 8.31. The number of amides is 2. The molecule has 5 rings (SSSR count). The van der Waals surface area contributed by atoms with Gasteiger partial charge >= 0.3 is 6.09 Å². The van der Waals surface area contributed by atoms with Crippen LogP contribution in [0.15, 0.2) is 30.6 Å². The van der Waals surface area contributed by atoms with Crippen LogP contribution in [0.4, 0.5) is 4.79 Å². The lowest BCUT2D eigenvalue weighted by atomic mass is 10.0. The van der Waals surface area contributed by atoms with Crippen molar-refractivity contribution in [3.05, 3.63) is 35.6 Å². The molecule has 3 aromatic heterocycles. The number of fused-ring (bicyclic) bond motifs is 2. The summed E-state index contributed by atoms with van der Waals surface area (Å²) < 4.78 is 7.14. The number of H-pyrrole nitrogens is 1. The summed E-state index contributed by atoms with van der Waals surface area (Å²) in [5, 5.41) is 17.3. The van der Waals surface area contributed by atoms with Crippen LogP contribution in [-0.4, -0.2) is 60.8 Å². The average molecular weight is 479 g/mol. The summed E-state index contributed by atoms with van der Waals surface area (Å²) in [6, 6.07) is 6.78. The van der Waals surface area contributed by atoms with Crippen molar-refractivity contribution in [3.63, 3.8) is 0 Å². The molecule has 0 aliphatic carbocycles. The van der Waals surface area contributed by atoms with E-state index in [1.54, 1.807) is 23.9 Å². The van der Waals surface area contributed by atoms with E-state index in [-0.39, 0.29) is 17.6 Å². The fourth-order valence-electron chi connectivity index (χ4n) is 3.87. The zero-order valence-electron chi connectivity index (χ0n) is 18.2. The van der Waals surface area contributed by atoms with Gasteiger partial charge in [0.1, 0.15) is 17.4 Å². The third-order valence-electron chi connectivity index (χ3n) is 5.68. The Labute approximate surface area is 198 Å². The first-order valence-corrected chi connectivity index (χ1v) is 10.9. The number of likely N-dealkylation sites (tertiary alicyclic amines) is 1. The molecule has 2 amide bonds. The predicted molar refractivity (Wildman–Crippen MR) is 123 cm³/mol.